The number of hydrogen-bond acceptors (Lipinski definition) is 6. The number of rotatable bonds is 18. The number of carbonyl (C=O) groups is 1. The maximum Gasteiger partial charge on any atom is 0.226 e. The van der Waals surface area contributed by atoms with Crippen molar-refractivity contribution in [2.45, 2.75) is 52.5 Å². The zero-order chi connectivity index (χ0) is 28.5. The Labute approximate surface area is 235 Å². The summed E-state index contributed by atoms with van der Waals surface area (Å²) < 4.78 is 11.4. The van der Waals surface area contributed by atoms with E-state index in [2.05, 4.69) is 84.5 Å². The van der Waals surface area contributed by atoms with Crippen molar-refractivity contribution in [2.24, 2.45) is 10.7 Å². The van der Waals surface area contributed by atoms with Crippen LogP contribution in [0.1, 0.15) is 50.7 Å². The molecule has 0 aliphatic carbocycles. The molecular formula is C31H49N5O3. The van der Waals surface area contributed by atoms with E-state index < -0.39 is 0 Å². The summed E-state index contributed by atoms with van der Waals surface area (Å²) in [6, 6.07) is 14.9. The molecule has 0 aromatic heterocycles. The van der Waals surface area contributed by atoms with Crippen molar-refractivity contribution in [1.82, 2.24) is 15.1 Å². The summed E-state index contributed by atoms with van der Waals surface area (Å²) >= 11 is 0. The van der Waals surface area contributed by atoms with Gasteiger partial charge in [-0.1, -0.05) is 56.7 Å². The van der Waals surface area contributed by atoms with E-state index in [-0.39, 0.29) is 11.9 Å². The smallest absolute Gasteiger partial charge is 0.226 e. The minimum absolute atomic E-state index is 0.137. The van der Waals surface area contributed by atoms with E-state index in [0.717, 1.165) is 67.9 Å². The lowest BCUT2D eigenvalue weighted by molar-refractivity contribution is -0.119. The standard InChI is InChI=1S/C31H49N5O3/c1-6-8-18-33-31(32)34-30(37)17-13-25-12-16-28(29(23-25)39-22-9-21-38-5)27-14-10-26(11-15-27)24-36(7-2)20-19-35(3)4/h10-12,14-16,23H,6-9,13,17-22,24H2,1-5H3,(H3,32,33,34,37). The number of guanidine groups is 1. The Morgan fingerprint density at radius 2 is 1.74 bits per heavy atom. The number of nitrogens with one attached hydrogen (secondary N) is 1. The second-order valence-corrected chi connectivity index (χ2v) is 10.1. The van der Waals surface area contributed by atoms with Crippen molar-refractivity contribution in [3.05, 3.63) is 53.6 Å². The first-order chi connectivity index (χ1) is 18.9. The molecule has 39 heavy (non-hydrogen) atoms. The zero-order valence-electron chi connectivity index (χ0n) is 24.7. The summed E-state index contributed by atoms with van der Waals surface area (Å²) in [6.45, 7) is 10.2. The van der Waals surface area contributed by atoms with Crippen LogP contribution in [-0.4, -0.2) is 82.3 Å². The van der Waals surface area contributed by atoms with Crippen LogP contribution in [0.15, 0.2) is 47.5 Å². The molecule has 0 aliphatic rings. The van der Waals surface area contributed by atoms with E-state index >= 15 is 0 Å². The molecule has 2 aromatic rings. The van der Waals surface area contributed by atoms with E-state index in [1.54, 1.807) is 7.11 Å². The SMILES string of the molecule is CCCCN=C(N)NC(=O)CCc1ccc(-c2ccc(CN(CC)CCN(C)C)cc2)c(OCCCOC)c1. The summed E-state index contributed by atoms with van der Waals surface area (Å²) in [5, 5.41) is 2.68. The number of ether oxygens (including phenoxy) is 2. The highest BCUT2D eigenvalue weighted by Gasteiger charge is 2.11. The molecule has 0 fully saturated rings. The average molecular weight is 540 g/mol. The maximum atomic E-state index is 12.4. The molecule has 0 bridgehead atoms. The molecule has 0 saturated carbocycles. The Kier molecular flexibility index (Phi) is 15.2. The molecule has 3 N–H and O–H groups in total. The number of carbonyl (C=O) groups excluding carboxylic acids is 1. The van der Waals surface area contributed by atoms with Crippen molar-refractivity contribution in [2.75, 3.05) is 60.6 Å². The maximum absolute atomic E-state index is 12.4. The van der Waals surface area contributed by atoms with E-state index in [0.29, 0.717) is 32.6 Å². The number of nitrogens with zero attached hydrogens (tertiary/aromatic N) is 3. The van der Waals surface area contributed by atoms with Gasteiger partial charge in [0.15, 0.2) is 5.96 Å². The number of aliphatic imine (C=N–C) groups is 1. The monoisotopic (exact) mass is 539 g/mol. The van der Waals surface area contributed by atoms with Crippen LogP contribution in [0.5, 0.6) is 5.75 Å². The van der Waals surface area contributed by atoms with Gasteiger partial charge in [0.1, 0.15) is 5.75 Å². The normalized spacial score (nSPS) is 11.8. The van der Waals surface area contributed by atoms with Crippen LogP contribution in [0.2, 0.25) is 0 Å². The second-order valence-electron chi connectivity index (χ2n) is 10.1. The van der Waals surface area contributed by atoms with Crippen LogP contribution in [0.25, 0.3) is 11.1 Å². The number of hydrogen-bond donors (Lipinski definition) is 2. The highest BCUT2D eigenvalue weighted by molar-refractivity contribution is 5.96. The van der Waals surface area contributed by atoms with Crippen molar-refractivity contribution >= 4 is 11.9 Å². The lowest BCUT2D eigenvalue weighted by Gasteiger charge is -2.22. The largest absolute Gasteiger partial charge is 0.493 e. The summed E-state index contributed by atoms with van der Waals surface area (Å²) in [7, 11) is 5.91. The fourth-order valence-corrected chi connectivity index (χ4v) is 4.06. The quantitative estimate of drug-likeness (QED) is 0.167. The van der Waals surface area contributed by atoms with Crippen molar-refractivity contribution in [3.63, 3.8) is 0 Å². The lowest BCUT2D eigenvalue weighted by Crippen LogP contribution is -2.37. The Morgan fingerprint density at radius 1 is 1.00 bits per heavy atom. The number of methoxy groups -OCH3 is 1. The third kappa shape index (κ3) is 12.6. The molecule has 0 spiro atoms. The number of benzene rings is 2. The number of aryl methyl sites for hydroxylation is 1. The first kappa shape index (κ1) is 32.3. The Balaban J connectivity index is 2.10. The molecule has 0 aliphatic heterocycles. The van der Waals surface area contributed by atoms with E-state index in [9.17, 15) is 4.79 Å². The zero-order valence-corrected chi connectivity index (χ0v) is 24.7. The number of likely N-dealkylation sites (N-methyl/N-ethyl adjacent to an activating group) is 2. The van der Waals surface area contributed by atoms with E-state index in [1.165, 1.54) is 5.56 Å². The fraction of sp³-hybridized carbons (Fsp3) is 0.548. The van der Waals surface area contributed by atoms with Crippen molar-refractivity contribution < 1.29 is 14.3 Å². The highest BCUT2D eigenvalue weighted by atomic mass is 16.5. The molecule has 2 aromatic carbocycles. The first-order valence-electron chi connectivity index (χ1n) is 14.2. The van der Waals surface area contributed by atoms with Crippen LogP contribution in [0, 0.1) is 0 Å². The first-order valence-corrected chi connectivity index (χ1v) is 14.2. The van der Waals surface area contributed by atoms with Gasteiger partial charge in [-0.2, -0.15) is 0 Å². The summed E-state index contributed by atoms with van der Waals surface area (Å²) in [4.78, 5) is 21.2. The molecule has 0 heterocycles. The predicted octanol–water partition coefficient (Wildman–Crippen LogP) is 4.32. The third-order valence-electron chi connectivity index (χ3n) is 6.48. The average Bonchev–Trinajstić information content (AvgIpc) is 2.93. The van der Waals surface area contributed by atoms with Gasteiger partial charge >= 0.3 is 0 Å². The molecular weight excluding hydrogens is 490 g/mol. The van der Waals surface area contributed by atoms with Gasteiger partial charge in [0.25, 0.3) is 0 Å². The van der Waals surface area contributed by atoms with Gasteiger partial charge in [0.2, 0.25) is 5.91 Å². The Hall–Kier alpha value is -2.94. The van der Waals surface area contributed by atoms with Crippen LogP contribution in [-0.2, 0) is 22.5 Å². The molecule has 2 rings (SSSR count). The topological polar surface area (TPSA) is 92.4 Å². The van der Waals surface area contributed by atoms with Gasteiger partial charge in [0, 0.05) is 58.3 Å². The van der Waals surface area contributed by atoms with Gasteiger partial charge < -0.3 is 20.1 Å². The van der Waals surface area contributed by atoms with Gasteiger partial charge in [-0.25, -0.2) is 0 Å². The minimum Gasteiger partial charge on any atom is -0.493 e. The van der Waals surface area contributed by atoms with E-state index in [1.807, 2.05) is 6.07 Å². The third-order valence-corrected chi connectivity index (χ3v) is 6.48. The van der Waals surface area contributed by atoms with Crippen molar-refractivity contribution in [3.8, 4) is 16.9 Å². The summed E-state index contributed by atoms with van der Waals surface area (Å²) in [5.74, 6) is 0.870. The summed E-state index contributed by atoms with van der Waals surface area (Å²) in [6.07, 6.45) is 3.70. The molecule has 8 nitrogen and oxygen atoms in total. The molecule has 0 unspecified atom stereocenters. The summed E-state index contributed by atoms with van der Waals surface area (Å²) in [5.41, 5.74) is 10.3. The van der Waals surface area contributed by atoms with Crippen LogP contribution >= 0.6 is 0 Å². The lowest BCUT2D eigenvalue weighted by atomic mass is 9.99. The highest BCUT2D eigenvalue weighted by Crippen LogP contribution is 2.32. The van der Waals surface area contributed by atoms with Crippen LogP contribution in [0.3, 0.4) is 0 Å². The molecule has 1 amide bonds. The Morgan fingerprint density at radius 3 is 2.41 bits per heavy atom. The van der Waals surface area contributed by atoms with Crippen LogP contribution in [0.4, 0.5) is 0 Å². The van der Waals surface area contributed by atoms with Gasteiger partial charge in [-0.05, 0) is 56.2 Å². The number of nitrogens with two attached hydrogens (primary N) is 1. The molecule has 8 heteroatoms. The molecule has 0 atom stereocenters. The molecule has 216 valence electrons. The molecule has 0 radical (unpaired) electrons. The van der Waals surface area contributed by atoms with Gasteiger partial charge in [-0.15, -0.1) is 0 Å². The van der Waals surface area contributed by atoms with E-state index in [4.69, 9.17) is 15.2 Å². The van der Waals surface area contributed by atoms with Gasteiger partial charge in [0.05, 0.1) is 6.61 Å². The molecule has 0 saturated heterocycles. The van der Waals surface area contributed by atoms with Crippen LogP contribution < -0.4 is 15.8 Å². The van der Waals surface area contributed by atoms with Crippen molar-refractivity contribution in [1.29, 1.82) is 0 Å². The second kappa shape index (κ2) is 18.4. The predicted molar refractivity (Wildman–Crippen MR) is 161 cm³/mol. The fourth-order valence-electron chi connectivity index (χ4n) is 4.06. The number of unbranched alkanes of at least 4 members (excludes halogenated alkanes) is 1. The Bertz CT molecular complexity index is 1010. The minimum atomic E-state index is -0.137. The van der Waals surface area contributed by atoms with Gasteiger partial charge in [-0.3, -0.25) is 20.0 Å². The number of amides is 1.